The molecular formula is C8H20N2O. The molecule has 0 bridgehead atoms. The quantitative estimate of drug-likeness (QED) is 0.498. The van der Waals surface area contributed by atoms with Crippen molar-refractivity contribution in [1.82, 2.24) is 10.6 Å². The monoisotopic (exact) mass is 160 g/mol. The van der Waals surface area contributed by atoms with Gasteiger partial charge >= 0.3 is 0 Å². The van der Waals surface area contributed by atoms with Crippen LogP contribution in [0.3, 0.4) is 0 Å². The summed E-state index contributed by atoms with van der Waals surface area (Å²) in [5.41, 5.74) is 0. The second-order valence-electron chi connectivity index (χ2n) is 2.49. The number of ether oxygens (including phenoxy) is 1. The van der Waals surface area contributed by atoms with Gasteiger partial charge < -0.3 is 15.4 Å². The minimum Gasteiger partial charge on any atom is -0.383 e. The summed E-state index contributed by atoms with van der Waals surface area (Å²) < 4.78 is 4.89. The van der Waals surface area contributed by atoms with Gasteiger partial charge in [-0.1, -0.05) is 6.92 Å². The molecule has 0 aromatic heterocycles. The highest BCUT2D eigenvalue weighted by atomic mass is 16.5. The molecule has 2 N–H and O–H groups in total. The Kier molecular flexibility index (Phi) is 9.77. The zero-order valence-electron chi connectivity index (χ0n) is 7.65. The van der Waals surface area contributed by atoms with E-state index in [1.165, 1.54) is 6.42 Å². The predicted octanol–water partition coefficient (Wildman–Crippen LogP) is 0.222. The van der Waals surface area contributed by atoms with E-state index in [0.717, 1.165) is 32.8 Å². The Morgan fingerprint density at radius 1 is 1.00 bits per heavy atom. The zero-order valence-corrected chi connectivity index (χ0v) is 7.65. The van der Waals surface area contributed by atoms with Crippen LogP contribution in [0.2, 0.25) is 0 Å². The van der Waals surface area contributed by atoms with Gasteiger partial charge in [-0.15, -0.1) is 0 Å². The van der Waals surface area contributed by atoms with Crippen molar-refractivity contribution in [1.29, 1.82) is 0 Å². The van der Waals surface area contributed by atoms with Gasteiger partial charge in [0.1, 0.15) is 0 Å². The average molecular weight is 160 g/mol. The maximum Gasteiger partial charge on any atom is 0.0587 e. The molecule has 0 heterocycles. The summed E-state index contributed by atoms with van der Waals surface area (Å²) in [5, 5.41) is 6.57. The lowest BCUT2D eigenvalue weighted by Gasteiger charge is -2.04. The molecule has 0 aliphatic rings. The minimum atomic E-state index is 0.799. The third-order valence-electron chi connectivity index (χ3n) is 1.39. The first kappa shape index (κ1) is 10.9. The molecule has 0 fully saturated rings. The Morgan fingerprint density at radius 3 is 2.18 bits per heavy atom. The van der Waals surface area contributed by atoms with Crippen LogP contribution in [0, 0.1) is 0 Å². The van der Waals surface area contributed by atoms with Gasteiger partial charge in [0.05, 0.1) is 6.61 Å². The van der Waals surface area contributed by atoms with Gasteiger partial charge in [0.2, 0.25) is 0 Å². The van der Waals surface area contributed by atoms with Crippen LogP contribution in [-0.2, 0) is 4.74 Å². The summed E-state index contributed by atoms with van der Waals surface area (Å²) in [6.45, 7) is 7.12. The fourth-order valence-electron chi connectivity index (χ4n) is 0.778. The molecule has 0 radical (unpaired) electrons. The largest absolute Gasteiger partial charge is 0.383 e. The molecule has 11 heavy (non-hydrogen) atoms. The van der Waals surface area contributed by atoms with Crippen LogP contribution in [-0.4, -0.2) is 39.9 Å². The van der Waals surface area contributed by atoms with Gasteiger partial charge in [-0.25, -0.2) is 0 Å². The molecule has 0 saturated carbocycles. The molecule has 0 unspecified atom stereocenters. The molecule has 68 valence electrons. The smallest absolute Gasteiger partial charge is 0.0587 e. The predicted molar refractivity (Wildman–Crippen MR) is 47.9 cm³/mol. The first-order valence-corrected chi connectivity index (χ1v) is 4.32. The van der Waals surface area contributed by atoms with Crippen LogP contribution in [0.5, 0.6) is 0 Å². The lowest BCUT2D eigenvalue weighted by molar-refractivity contribution is 0.199. The maximum atomic E-state index is 4.89. The van der Waals surface area contributed by atoms with E-state index in [1.807, 2.05) is 0 Å². The van der Waals surface area contributed by atoms with Crippen molar-refractivity contribution in [3.05, 3.63) is 0 Å². The van der Waals surface area contributed by atoms with E-state index in [-0.39, 0.29) is 0 Å². The summed E-state index contributed by atoms with van der Waals surface area (Å²) >= 11 is 0. The molecule has 3 nitrogen and oxygen atoms in total. The van der Waals surface area contributed by atoms with E-state index in [9.17, 15) is 0 Å². The normalized spacial score (nSPS) is 10.4. The highest BCUT2D eigenvalue weighted by Crippen LogP contribution is 1.68. The highest BCUT2D eigenvalue weighted by molar-refractivity contribution is 4.50. The van der Waals surface area contributed by atoms with Crippen molar-refractivity contribution < 1.29 is 4.74 Å². The van der Waals surface area contributed by atoms with E-state index in [0.29, 0.717) is 0 Å². The Hall–Kier alpha value is -0.120. The molecule has 0 aliphatic carbocycles. The third kappa shape index (κ3) is 9.88. The van der Waals surface area contributed by atoms with Crippen molar-refractivity contribution in [3.63, 3.8) is 0 Å². The number of hydrogen-bond donors (Lipinski definition) is 2. The third-order valence-corrected chi connectivity index (χ3v) is 1.39. The minimum absolute atomic E-state index is 0.799. The second kappa shape index (κ2) is 9.88. The van der Waals surface area contributed by atoms with Crippen LogP contribution < -0.4 is 10.6 Å². The van der Waals surface area contributed by atoms with Crippen LogP contribution >= 0.6 is 0 Å². The fraction of sp³-hybridized carbons (Fsp3) is 1.00. The van der Waals surface area contributed by atoms with Crippen LogP contribution in [0.25, 0.3) is 0 Å². The Bertz CT molecular complexity index is 61.1. The molecule has 0 saturated heterocycles. The molecule has 0 amide bonds. The van der Waals surface area contributed by atoms with E-state index < -0.39 is 0 Å². The molecule has 0 rings (SSSR count). The molecular weight excluding hydrogens is 140 g/mol. The van der Waals surface area contributed by atoms with Gasteiger partial charge in [-0.3, -0.25) is 0 Å². The van der Waals surface area contributed by atoms with Gasteiger partial charge in [0, 0.05) is 26.7 Å². The topological polar surface area (TPSA) is 33.3 Å². The standard InChI is InChI=1S/C8H20N2O/c1-3-4-9-5-6-10-7-8-11-2/h9-10H,3-8H2,1-2H3. The molecule has 0 aromatic carbocycles. The van der Waals surface area contributed by atoms with Gasteiger partial charge in [-0.2, -0.15) is 0 Å². The Balaban J connectivity index is 2.69. The van der Waals surface area contributed by atoms with Crippen molar-refractivity contribution in [2.75, 3.05) is 39.9 Å². The van der Waals surface area contributed by atoms with Crippen molar-refractivity contribution in [2.45, 2.75) is 13.3 Å². The number of rotatable bonds is 8. The highest BCUT2D eigenvalue weighted by Gasteiger charge is 1.85. The van der Waals surface area contributed by atoms with Crippen LogP contribution in [0.1, 0.15) is 13.3 Å². The summed E-state index contributed by atoms with van der Waals surface area (Å²) in [6, 6.07) is 0. The summed E-state index contributed by atoms with van der Waals surface area (Å²) in [7, 11) is 1.72. The van der Waals surface area contributed by atoms with Crippen molar-refractivity contribution in [3.8, 4) is 0 Å². The number of hydrogen-bond acceptors (Lipinski definition) is 3. The lowest BCUT2D eigenvalue weighted by atomic mass is 10.4. The Labute approximate surface area is 69.5 Å². The Morgan fingerprint density at radius 2 is 1.64 bits per heavy atom. The van der Waals surface area contributed by atoms with Crippen LogP contribution in [0.15, 0.2) is 0 Å². The molecule has 0 spiro atoms. The average Bonchev–Trinajstić information content (AvgIpc) is 2.03. The van der Waals surface area contributed by atoms with E-state index in [2.05, 4.69) is 17.6 Å². The molecule has 0 atom stereocenters. The summed E-state index contributed by atoms with van der Waals surface area (Å²) in [5.74, 6) is 0. The number of nitrogens with one attached hydrogen (secondary N) is 2. The van der Waals surface area contributed by atoms with E-state index in [1.54, 1.807) is 7.11 Å². The fourth-order valence-corrected chi connectivity index (χ4v) is 0.778. The maximum absolute atomic E-state index is 4.89. The van der Waals surface area contributed by atoms with Gasteiger partial charge in [0.25, 0.3) is 0 Å². The SMILES string of the molecule is CCCNCCNCCOC. The van der Waals surface area contributed by atoms with Gasteiger partial charge in [0.15, 0.2) is 0 Å². The molecule has 0 aliphatic heterocycles. The zero-order chi connectivity index (χ0) is 8.36. The second-order valence-corrected chi connectivity index (χ2v) is 2.49. The van der Waals surface area contributed by atoms with Crippen LogP contribution in [0.4, 0.5) is 0 Å². The molecule has 3 heteroatoms. The van der Waals surface area contributed by atoms with Gasteiger partial charge in [-0.05, 0) is 13.0 Å². The molecule has 0 aromatic rings. The summed E-state index contributed by atoms with van der Waals surface area (Å²) in [4.78, 5) is 0. The first-order valence-electron chi connectivity index (χ1n) is 4.32. The number of methoxy groups -OCH3 is 1. The first-order chi connectivity index (χ1) is 5.41. The lowest BCUT2D eigenvalue weighted by Crippen LogP contribution is -2.29. The van der Waals surface area contributed by atoms with Crippen molar-refractivity contribution in [2.24, 2.45) is 0 Å². The summed E-state index contributed by atoms with van der Waals surface area (Å²) in [6.07, 6.45) is 1.21. The van der Waals surface area contributed by atoms with E-state index in [4.69, 9.17) is 4.74 Å². The van der Waals surface area contributed by atoms with E-state index >= 15 is 0 Å². The van der Waals surface area contributed by atoms with Crippen molar-refractivity contribution >= 4 is 0 Å².